The maximum absolute atomic E-state index is 3.81. The highest BCUT2D eigenvalue weighted by atomic mass is 32.2. The Morgan fingerprint density at radius 3 is 2.76 bits per heavy atom. The molecule has 3 unspecified atom stereocenters. The fourth-order valence-electron chi connectivity index (χ4n) is 2.69. The van der Waals surface area contributed by atoms with Gasteiger partial charge in [-0.2, -0.15) is 11.8 Å². The smallest absolute Gasteiger partial charge is 0.0294 e. The standard InChI is InChI=1S/C15H23NS/c1-3-17-15-11-7-10-14(15)16-12(2)13-8-5-4-6-9-13/h4-6,8-9,12,14-16H,3,7,10-11H2,1-2H3. The van der Waals surface area contributed by atoms with Gasteiger partial charge in [-0.1, -0.05) is 43.7 Å². The van der Waals surface area contributed by atoms with Gasteiger partial charge >= 0.3 is 0 Å². The zero-order valence-electron chi connectivity index (χ0n) is 10.9. The van der Waals surface area contributed by atoms with E-state index in [1.165, 1.54) is 30.6 Å². The normalized spacial score (nSPS) is 26.0. The van der Waals surface area contributed by atoms with Crippen molar-refractivity contribution in [3.63, 3.8) is 0 Å². The number of hydrogen-bond donors (Lipinski definition) is 1. The Hall–Kier alpha value is -0.470. The molecular weight excluding hydrogens is 226 g/mol. The lowest BCUT2D eigenvalue weighted by molar-refractivity contribution is 0.467. The van der Waals surface area contributed by atoms with Crippen LogP contribution in [-0.2, 0) is 0 Å². The van der Waals surface area contributed by atoms with Crippen molar-refractivity contribution in [1.29, 1.82) is 0 Å². The predicted molar refractivity (Wildman–Crippen MR) is 77.6 cm³/mol. The lowest BCUT2D eigenvalue weighted by atomic mass is 10.1. The minimum absolute atomic E-state index is 0.472. The summed E-state index contributed by atoms with van der Waals surface area (Å²) in [5.74, 6) is 1.24. The lowest BCUT2D eigenvalue weighted by Gasteiger charge is -2.24. The number of thioether (sulfide) groups is 1. The first-order valence-corrected chi connectivity index (χ1v) is 7.78. The molecule has 3 atom stereocenters. The van der Waals surface area contributed by atoms with Crippen LogP contribution in [0.5, 0.6) is 0 Å². The molecule has 2 rings (SSSR count). The van der Waals surface area contributed by atoms with Crippen molar-refractivity contribution >= 4 is 11.8 Å². The molecule has 1 aliphatic rings. The average molecular weight is 249 g/mol. The summed E-state index contributed by atoms with van der Waals surface area (Å²) in [4.78, 5) is 0. The third kappa shape index (κ3) is 3.49. The van der Waals surface area contributed by atoms with Crippen molar-refractivity contribution < 1.29 is 0 Å². The van der Waals surface area contributed by atoms with Gasteiger partial charge in [-0.3, -0.25) is 0 Å². The van der Waals surface area contributed by atoms with Crippen LogP contribution in [0.1, 0.15) is 44.7 Å². The van der Waals surface area contributed by atoms with Gasteiger partial charge in [-0.05, 0) is 31.1 Å². The van der Waals surface area contributed by atoms with Crippen molar-refractivity contribution in [2.75, 3.05) is 5.75 Å². The zero-order valence-corrected chi connectivity index (χ0v) is 11.7. The molecule has 1 saturated carbocycles. The van der Waals surface area contributed by atoms with E-state index in [4.69, 9.17) is 0 Å². The van der Waals surface area contributed by atoms with E-state index in [0.29, 0.717) is 12.1 Å². The summed E-state index contributed by atoms with van der Waals surface area (Å²) in [6, 6.07) is 11.9. The molecule has 0 aliphatic heterocycles. The van der Waals surface area contributed by atoms with E-state index in [0.717, 1.165) is 5.25 Å². The Morgan fingerprint density at radius 1 is 1.29 bits per heavy atom. The van der Waals surface area contributed by atoms with Crippen LogP contribution in [0.3, 0.4) is 0 Å². The minimum Gasteiger partial charge on any atom is -0.306 e. The molecule has 1 N–H and O–H groups in total. The first-order valence-electron chi connectivity index (χ1n) is 6.74. The van der Waals surface area contributed by atoms with Crippen LogP contribution in [0.4, 0.5) is 0 Å². The van der Waals surface area contributed by atoms with Crippen molar-refractivity contribution in [1.82, 2.24) is 5.32 Å². The van der Waals surface area contributed by atoms with E-state index >= 15 is 0 Å². The molecule has 0 spiro atoms. The SMILES string of the molecule is CCSC1CCCC1NC(C)c1ccccc1. The molecular formula is C15H23NS. The van der Waals surface area contributed by atoms with Gasteiger partial charge in [0, 0.05) is 17.3 Å². The fraction of sp³-hybridized carbons (Fsp3) is 0.600. The molecule has 1 fully saturated rings. The highest BCUT2D eigenvalue weighted by Gasteiger charge is 2.27. The second-order valence-corrected chi connectivity index (χ2v) is 6.35. The molecule has 17 heavy (non-hydrogen) atoms. The molecule has 1 aliphatic carbocycles. The topological polar surface area (TPSA) is 12.0 Å². The van der Waals surface area contributed by atoms with Crippen molar-refractivity contribution in [3.8, 4) is 0 Å². The van der Waals surface area contributed by atoms with Gasteiger partial charge in [-0.25, -0.2) is 0 Å². The molecule has 0 amide bonds. The van der Waals surface area contributed by atoms with Gasteiger partial charge in [-0.15, -0.1) is 0 Å². The number of benzene rings is 1. The number of hydrogen-bond acceptors (Lipinski definition) is 2. The summed E-state index contributed by atoms with van der Waals surface area (Å²) in [6.45, 7) is 4.54. The Balaban J connectivity index is 1.92. The van der Waals surface area contributed by atoms with Gasteiger partial charge < -0.3 is 5.32 Å². The van der Waals surface area contributed by atoms with Crippen LogP contribution >= 0.6 is 11.8 Å². The quantitative estimate of drug-likeness (QED) is 0.846. The van der Waals surface area contributed by atoms with E-state index in [-0.39, 0.29) is 0 Å². The summed E-state index contributed by atoms with van der Waals surface area (Å²) in [6.07, 6.45) is 4.11. The van der Waals surface area contributed by atoms with E-state index in [9.17, 15) is 0 Å². The van der Waals surface area contributed by atoms with Crippen molar-refractivity contribution in [2.24, 2.45) is 0 Å². The second-order valence-electron chi connectivity index (χ2n) is 4.83. The molecule has 1 aromatic carbocycles. The van der Waals surface area contributed by atoms with Crippen LogP contribution in [0, 0.1) is 0 Å². The first kappa shape index (κ1) is 13.0. The van der Waals surface area contributed by atoms with Crippen LogP contribution < -0.4 is 5.32 Å². The van der Waals surface area contributed by atoms with Gasteiger partial charge in [0.1, 0.15) is 0 Å². The first-order chi connectivity index (χ1) is 8.31. The summed E-state index contributed by atoms with van der Waals surface area (Å²) in [7, 11) is 0. The Kier molecular flexibility index (Phi) is 4.93. The molecule has 0 aromatic heterocycles. The van der Waals surface area contributed by atoms with E-state index in [2.05, 4.69) is 61.3 Å². The average Bonchev–Trinajstić information content (AvgIpc) is 2.78. The summed E-state index contributed by atoms with van der Waals surface area (Å²) in [5, 5.41) is 4.63. The highest BCUT2D eigenvalue weighted by molar-refractivity contribution is 7.99. The van der Waals surface area contributed by atoms with Gasteiger partial charge in [0.15, 0.2) is 0 Å². The monoisotopic (exact) mass is 249 g/mol. The predicted octanol–water partition coefficient (Wildman–Crippen LogP) is 4.01. The zero-order chi connectivity index (χ0) is 12.1. The highest BCUT2D eigenvalue weighted by Crippen LogP contribution is 2.31. The fourth-order valence-corrected chi connectivity index (χ4v) is 3.90. The largest absolute Gasteiger partial charge is 0.306 e. The third-order valence-electron chi connectivity index (χ3n) is 3.60. The summed E-state index contributed by atoms with van der Waals surface area (Å²) >= 11 is 2.12. The lowest BCUT2D eigenvalue weighted by Crippen LogP contribution is -2.36. The maximum Gasteiger partial charge on any atom is 0.0294 e. The molecule has 0 saturated heterocycles. The van der Waals surface area contributed by atoms with Crippen LogP contribution in [0.15, 0.2) is 30.3 Å². The van der Waals surface area contributed by atoms with Crippen LogP contribution in [0.2, 0.25) is 0 Å². The maximum atomic E-state index is 3.81. The van der Waals surface area contributed by atoms with Gasteiger partial charge in [0.05, 0.1) is 0 Å². The van der Waals surface area contributed by atoms with E-state index in [1.54, 1.807) is 0 Å². The second kappa shape index (κ2) is 6.46. The molecule has 0 heterocycles. The Labute approximate surface area is 109 Å². The third-order valence-corrected chi connectivity index (χ3v) is 4.92. The molecule has 2 heteroatoms. The number of rotatable bonds is 5. The Bertz CT molecular complexity index is 325. The van der Waals surface area contributed by atoms with Gasteiger partial charge in [0.2, 0.25) is 0 Å². The Morgan fingerprint density at radius 2 is 2.06 bits per heavy atom. The van der Waals surface area contributed by atoms with Gasteiger partial charge in [0.25, 0.3) is 0 Å². The molecule has 1 aromatic rings. The molecule has 1 nitrogen and oxygen atoms in total. The number of nitrogens with one attached hydrogen (secondary N) is 1. The minimum atomic E-state index is 0.472. The van der Waals surface area contributed by atoms with Crippen LogP contribution in [-0.4, -0.2) is 17.0 Å². The summed E-state index contributed by atoms with van der Waals surface area (Å²) < 4.78 is 0. The molecule has 0 radical (unpaired) electrons. The van der Waals surface area contributed by atoms with Crippen LogP contribution in [0.25, 0.3) is 0 Å². The molecule has 94 valence electrons. The summed E-state index contributed by atoms with van der Waals surface area (Å²) in [5.41, 5.74) is 1.40. The van der Waals surface area contributed by atoms with Crippen molar-refractivity contribution in [3.05, 3.63) is 35.9 Å². The van der Waals surface area contributed by atoms with E-state index < -0.39 is 0 Å². The molecule has 0 bridgehead atoms. The van der Waals surface area contributed by atoms with E-state index in [1.807, 2.05) is 0 Å². The van der Waals surface area contributed by atoms with Crippen molar-refractivity contribution in [2.45, 2.75) is 50.4 Å².